The van der Waals surface area contributed by atoms with Crippen LogP contribution in [0, 0.1) is 6.92 Å². The fraction of sp³-hybridized carbons (Fsp3) is 0.182. The fourth-order valence-corrected chi connectivity index (χ4v) is 8.91. The lowest BCUT2D eigenvalue weighted by Gasteiger charge is -2.50. The SMILES string of the molecule is Cc1cc2c3c(c1)N1c4ccccc4C(C)(C)c4cccc(c41)B3N(c1ccc(C(C)(C)C)cc1)c1c-2ccc2c1oc1ccccc12. The van der Waals surface area contributed by atoms with Gasteiger partial charge in [0.15, 0.2) is 5.58 Å². The minimum absolute atomic E-state index is 0.0466. The third-order valence-corrected chi connectivity index (χ3v) is 11.2. The molecule has 4 heterocycles. The molecule has 0 saturated heterocycles. The molecule has 1 aromatic heterocycles. The standard InChI is InChI=1S/C44H37BN2O/c1-26-24-32-30-22-23-31-29-12-7-10-17-38(29)48-42(31)40(30)47(28-20-18-27(19-21-28)43(2,3)4)45-35-15-11-14-34-41(35)46(37(25-26)39(32)45)36-16-9-8-13-33(36)44(34,5)6/h7-25H,1-6H3. The molecule has 6 aromatic carbocycles. The Balaban J connectivity index is 1.36. The van der Waals surface area contributed by atoms with Crippen molar-refractivity contribution < 1.29 is 4.42 Å². The zero-order valence-electron chi connectivity index (χ0n) is 28.3. The van der Waals surface area contributed by atoms with Gasteiger partial charge < -0.3 is 14.1 Å². The van der Waals surface area contributed by atoms with Crippen LogP contribution in [-0.4, -0.2) is 6.85 Å². The van der Waals surface area contributed by atoms with Gasteiger partial charge in [-0.3, -0.25) is 0 Å². The lowest BCUT2D eigenvalue weighted by atomic mass is 9.42. The summed E-state index contributed by atoms with van der Waals surface area (Å²) >= 11 is 0. The summed E-state index contributed by atoms with van der Waals surface area (Å²) in [7, 11) is 0. The van der Waals surface area contributed by atoms with E-state index in [-0.39, 0.29) is 17.7 Å². The van der Waals surface area contributed by atoms with Crippen molar-refractivity contribution in [2.24, 2.45) is 0 Å². The van der Waals surface area contributed by atoms with Gasteiger partial charge in [-0.2, -0.15) is 0 Å². The van der Waals surface area contributed by atoms with Crippen LogP contribution in [0.15, 0.2) is 120 Å². The number of furan rings is 1. The van der Waals surface area contributed by atoms with Gasteiger partial charge in [-0.05, 0) is 87.5 Å². The second-order valence-electron chi connectivity index (χ2n) is 15.5. The second kappa shape index (κ2) is 9.23. The third-order valence-electron chi connectivity index (χ3n) is 11.2. The van der Waals surface area contributed by atoms with Gasteiger partial charge in [-0.25, -0.2) is 0 Å². The number of hydrogen-bond donors (Lipinski definition) is 0. The molecule has 0 unspecified atom stereocenters. The Bertz CT molecular complexity index is 2500. The summed E-state index contributed by atoms with van der Waals surface area (Å²) in [6.07, 6.45) is 0. The average Bonchev–Trinajstić information content (AvgIpc) is 3.46. The Hall–Kier alpha value is -5.22. The van der Waals surface area contributed by atoms with Crippen molar-refractivity contribution in [3.8, 4) is 11.1 Å². The number of rotatable bonds is 1. The Morgan fingerprint density at radius 2 is 1.42 bits per heavy atom. The molecule has 3 aliphatic heterocycles. The van der Waals surface area contributed by atoms with Gasteiger partial charge in [0.2, 0.25) is 0 Å². The molecule has 0 saturated carbocycles. The minimum atomic E-state index is -0.152. The summed E-state index contributed by atoms with van der Waals surface area (Å²) in [4.78, 5) is 5.16. The third kappa shape index (κ3) is 3.50. The van der Waals surface area contributed by atoms with Gasteiger partial charge in [0.25, 0.3) is 0 Å². The molecule has 48 heavy (non-hydrogen) atoms. The second-order valence-corrected chi connectivity index (χ2v) is 15.5. The first kappa shape index (κ1) is 27.9. The van der Waals surface area contributed by atoms with Crippen molar-refractivity contribution in [2.75, 3.05) is 9.71 Å². The molecule has 3 nitrogen and oxygen atoms in total. The first-order valence-electron chi connectivity index (χ1n) is 17.1. The maximum atomic E-state index is 6.86. The number of anilines is 5. The summed E-state index contributed by atoms with van der Waals surface area (Å²) in [5, 5.41) is 2.30. The molecule has 3 aliphatic rings. The Morgan fingerprint density at radius 3 is 2.23 bits per heavy atom. The van der Waals surface area contributed by atoms with E-state index in [0.717, 1.165) is 27.6 Å². The molecule has 0 N–H and O–H groups in total. The molecule has 4 heteroatoms. The smallest absolute Gasteiger partial charge is 0.333 e. The molecule has 0 radical (unpaired) electrons. The first-order chi connectivity index (χ1) is 23.1. The lowest BCUT2D eigenvalue weighted by molar-refractivity contribution is 0.590. The molecular weight excluding hydrogens is 583 g/mol. The average molecular weight is 621 g/mol. The number of hydrogen-bond acceptors (Lipinski definition) is 3. The number of fused-ring (bicyclic) bond motifs is 10. The van der Waals surface area contributed by atoms with E-state index < -0.39 is 0 Å². The molecule has 7 aromatic rings. The maximum absolute atomic E-state index is 6.86. The van der Waals surface area contributed by atoms with Crippen molar-refractivity contribution in [1.29, 1.82) is 0 Å². The van der Waals surface area contributed by atoms with E-state index in [4.69, 9.17) is 4.42 Å². The van der Waals surface area contributed by atoms with Gasteiger partial charge in [0.1, 0.15) is 5.58 Å². The van der Waals surface area contributed by atoms with Crippen molar-refractivity contribution >= 4 is 68.1 Å². The highest BCUT2D eigenvalue weighted by Crippen LogP contribution is 2.55. The Morgan fingerprint density at radius 1 is 0.667 bits per heavy atom. The first-order valence-corrected chi connectivity index (χ1v) is 17.1. The number of benzene rings is 6. The van der Waals surface area contributed by atoms with E-state index >= 15 is 0 Å². The van der Waals surface area contributed by atoms with Crippen molar-refractivity contribution in [1.82, 2.24) is 0 Å². The molecule has 232 valence electrons. The van der Waals surface area contributed by atoms with Gasteiger partial charge in [-0.1, -0.05) is 113 Å². The van der Waals surface area contributed by atoms with Crippen LogP contribution in [0.3, 0.4) is 0 Å². The van der Waals surface area contributed by atoms with Crippen LogP contribution in [0.2, 0.25) is 0 Å². The topological polar surface area (TPSA) is 19.6 Å². The van der Waals surface area contributed by atoms with Crippen molar-refractivity contribution in [2.45, 2.75) is 52.4 Å². The normalized spacial score (nSPS) is 15.3. The lowest BCUT2D eigenvalue weighted by Crippen LogP contribution is -2.62. The van der Waals surface area contributed by atoms with E-state index in [2.05, 4.69) is 167 Å². The van der Waals surface area contributed by atoms with E-state index in [1.165, 1.54) is 67.1 Å². The summed E-state index contributed by atoms with van der Waals surface area (Å²) in [5.74, 6) is 0. The van der Waals surface area contributed by atoms with Gasteiger partial charge >= 0.3 is 6.85 Å². The van der Waals surface area contributed by atoms with E-state index in [1.807, 2.05) is 0 Å². The quantitative estimate of drug-likeness (QED) is 0.170. The highest BCUT2D eigenvalue weighted by Gasteiger charge is 2.50. The predicted molar refractivity (Wildman–Crippen MR) is 203 cm³/mol. The molecule has 10 rings (SSSR count). The molecule has 0 amide bonds. The van der Waals surface area contributed by atoms with Crippen molar-refractivity contribution in [3.63, 3.8) is 0 Å². The molecular formula is C44H37BN2O. The zero-order chi connectivity index (χ0) is 32.7. The van der Waals surface area contributed by atoms with E-state index in [9.17, 15) is 0 Å². The maximum Gasteiger partial charge on any atom is 0.333 e. The zero-order valence-corrected chi connectivity index (χ0v) is 28.3. The molecule has 0 spiro atoms. The molecule has 0 aliphatic carbocycles. The summed E-state index contributed by atoms with van der Waals surface area (Å²) in [5.41, 5.74) is 18.4. The monoisotopic (exact) mass is 620 g/mol. The minimum Gasteiger partial charge on any atom is -0.454 e. The number of aryl methyl sites for hydroxylation is 1. The highest BCUT2D eigenvalue weighted by atomic mass is 16.3. The summed E-state index contributed by atoms with van der Waals surface area (Å²) in [6, 6.07) is 43.1. The van der Waals surface area contributed by atoms with E-state index in [1.54, 1.807) is 0 Å². The largest absolute Gasteiger partial charge is 0.454 e. The summed E-state index contributed by atoms with van der Waals surface area (Å²) < 4.78 is 6.86. The van der Waals surface area contributed by atoms with E-state index in [0.29, 0.717) is 0 Å². The van der Waals surface area contributed by atoms with Crippen LogP contribution in [0.4, 0.5) is 28.4 Å². The van der Waals surface area contributed by atoms with Crippen LogP contribution >= 0.6 is 0 Å². The van der Waals surface area contributed by atoms with Crippen molar-refractivity contribution in [3.05, 3.63) is 138 Å². The molecule has 0 atom stereocenters. The van der Waals surface area contributed by atoms with Crippen LogP contribution in [0.25, 0.3) is 33.1 Å². The van der Waals surface area contributed by atoms with Crippen LogP contribution in [-0.2, 0) is 10.8 Å². The number of para-hydroxylation sites is 3. The van der Waals surface area contributed by atoms with Gasteiger partial charge in [0.05, 0.1) is 11.4 Å². The van der Waals surface area contributed by atoms with Gasteiger partial charge in [0, 0.05) is 38.8 Å². The van der Waals surface area contributed by atoms with Crippen LogP contribution < -0.4 is 20.6 Å². The molecule has 0 bridgehead atoms. The van der Waals surface area contributed by atoms with Crippen LogP contribution in [0.5, 0.6) is 0 Å². The van der Waals surface area contributed by atoms with Gasteiger partial charge in [-0.15, -0.1) is 0 Å². The molecule has 0 fully saturated rings. The number of nitrogens with zero attached hydrogens (tertiary/aromatic N) is 2. The fourth-order valence-electron chi connectivity index (χ4n) is 8.91. The Labute approximate surface area is 282 Å². The predicted octanol–water partition coefficient (Wildman–Crippen LogP) is 10.5. The Kier molecular flexibility index (Phi) is 5.36. The highest BCUT2D eigenvalue weighted by molar-refractivity contribution is 6.94. The summed E-state index contributed by atoms with van der Waals surface area (Å²) in [6.45, 7) is 13.8. The van der Waals surface area contributed by atoms with Crippen LogP contribution in [0.1, 0.15) is 56.9 Å².